The fourth-order valence-corrected chi connectivity index (χ4v) is 2.21. The number of halogens is 1. The van der Waals surface area contributed by atoms with Gasteiger partial charge in [0.1, 0.15) is 11.6 Å². The molecule has 0 unspecified atom stereocenters. The monoisotopic (exact) mass is 301 g/mol. The molecule has 1 amide bonds. The van der Waals surface area contributed by atoms with Crippen molar-refractivity contribution >= 4 is 11.6 Å². The van der Waals surface area contributed by atoms with E-state index in [1.54, 1.807) is 19.1 Å². The van der Waals surface area contributed by atoms with Crippen LogP contribution in [0, 0.1) is 12.7 Å². The van der Waals surface area contributed by atoms with Crippen LogP contribution in [0.4, 0.5) is 10.1 Å². The van der Waals surface area contributed by atoms with Crippen LogP contribution in [0.5, 0.6) is 0 Å². The first-order chi connectivity index (χ1) is 10.4. The zero-order chi connectivity index (χ0) is 16.3. The van der Waals surface area contributed by atoms with Crippen LogP contribution < -0.4 is 5.32 Å². The maximum Gasteiger partial charge on any atom is 0.259 e. The minimum atomic E-state index is -0.327. The second-order valence-corrected chi connectivity index (χ2v) is 5.48. The molecule has 1 heterocycles. The lowest BCUT2D eigenvalue weighted by molar-refractivity contribution is 0.102. The van der Waals surface area contributed by atoms with Crippen molar-refractivity contribution in [2.45, 2.75) is 40.0 Å². The molecular formula is C17H20FN3O. The molecular weight excluding hydrogens is 281 g/mol. The Hall–Kier alpha value is -2.30. The van der Waals surface area contributed by atoms with E-state index in [0.29, 0.717) is 34.8 Å². The van der Waals surface area contributed by atoms with Crippen molar-refractivity contribution in [1.82, 2.24) is 9.97 Å². The van der Waals surface area contributed by atoms with Crippen LogP contribution in [-0.2, 0) is 6.42 Å². The van der Waals surface area contributed by atoms with Crippen LogP contribution in [0.3, 0.4) is 0 Å². The minimum absolute atomic E-state index is 0.0988. The van der Waals surface area contributed by atoms with Gasteiger partial charge >= 0.3 is 0 Å². The van der Waals surface area contributed by atoms with Gasteiger partial charge in [-0.2, -0.15) is 0 Å². The molecule has 0 atom stereocenters. The lowest BCUT2D eigenvalue weighted by Gasteiger charge is -2.12. The second-order valence-electron chi connectivity index (χ2n) is 5.48. The van der Waals surface area contributed by atoms with Gasteiger partial charge in [0.05, 0.1) is 11.3 Å². The number of rotatable bonds is 4. The highest BCUT2D eigenvalue weighted by atomic mass is 19.1. The van der Waals surface area contributed by atoms with Gasteiger partial charge in [-0.05, 0) is 37.0 Å². The molecule has 0 fully saturated rings. The number of hydrogen-bond acceptors (Lipinski definition) is 3. The van der Waals surface area contributed by atoms with E-state index < -0.39 is 0 Å². The number of nitrogens with one attached hydrogen (secondary N) is 1. The number of anilines is 1. The summed E-state index contributed by atoms with van der Waals surface area (Å²) in [6, 6.07) is 4.71. The average Bonchev–Trinajstić information content (AvgIpc) is 2.47. The molecule has 5 heteroatoms. The molecule has 2 aromatic rings. The lowest BCUT2D eigenvalue weighted by atomic mass is 10.0. The Kier molecular flexibility index (Phi) is 4.85. The van der Waals surface area contributed by atoms with Crippen LogP contribution in [0.25, 0.3) is 0 Å². The summed E-state index contributed by atoms with van der Waals surface area (Å²) in [6.07, 6.45) is 2.13. The summed E-state index contributed by atoms with van der Waals surface area (Å²) < 4.78 is 13.8. The molecule has 0 spiro atoms. The van der Waals surface area contributed by atoms with Crippen LogP contribution in [-0.4, -0.2) is 15.9 Å². The van der Waals surface area contributed by atoms with E-state index in [2.05, 4.69) is 15.3 Å². The van der Waals surface area contributed by atoms with Gasteiger partial charge in [0.2, 0.25) is 0 Å². The van der Waals surface area contributed by atoms with Gasteiger partial charge in [0.15, 0.2) is 0 Å². The number of amides is 1. The minimum Gasteiger partial charge on any atom is -0.322 e. The Labute approximate surface area is 129 Å². The van der Waals surface area contributed by atoms with E-state index in [0.717, 1.165) is 0 Å². The fourth-order valence-electron chi connectivity index (χ4n) is 2.21. The predicted octanol–water partition coefficient (Wildman–Crippen LogP) is 3.86. The van der Waals surface area contributed by atoms with Gasteiger partial charge in [-0.15, -0.1) is 0 Å². The quantitative estimate of drug-likeness (QED) is 0.933. The highest BCUT2D eigenvalue weighted by molar-refractivity contribution is 6.04. The van der Waals surface area contributed by atoms with Crippen LogP contribution in [0.15, 0.2) is 24.4 Å². The zero-order valence-electron chi connectivity index (χ0n) is 13.3. The number of nitrogens with zero attached hydrogens (tertiary/aromatic N) is 2. The lowest BCUT2D eigenvalue weighted by Crippen LogP contribution is -2.17. The van der Waals surface area contributed by atoms with Gasteiger partial charge in [-0.3, -0.25) is 4.79 Å². The molecule has 1 aromatic heterocycles. The van der Waals surface area contributed by atoms with Crippen molar-refractivity contribution in [2.75, 3.05) is 5.32 Å². The maximum atomic E-state index is 13.8. The number of aromatic nitrogens is 2. The first kappa shape index (κ1) is 16.1. The third kappa shape index (κ3) is 3.47. The molecule has 116 valence electrons. The van der Waals surface area contributed by atoms with Gasteiger partial charge in [-0.25, -0.2) is 14.4 Å². The van der Waals surface area contributed by atoms with Gasteiger partial charge in [0, 0.05) is 11.9 Å². The Balaban J connectivity index is 2.28. The van der Waals surface area contributed by atoms with Crippen molar-refractivity contribution in [3.63, 3.8) is 0 Å². The van der Waals surface area contributed by atoms with E-state index in [-0.39, 0.29) is 17.6 Å². The van der Waals surface area contributed by atoms with Gasteiger partial charge in [0.25, 0.3) is 5.91 Å². The zero-order valence-corrected chi connectivity index (χ0v) is 13.3. The molecule has 22 heavy (non-hydrogen) atoms. The van der Waals surface area contributed by atoms with Gasteiger partial charge < -0.3 is 5.32 Å². The van der Waals surface area contributed by atoms with Crippen molar-refractivity contribution in [1.29, 1.82) is 0 Å². The molecule has 1 aromatic carbocycles. The van der Waals surface area contributed by atoms with Crippen LogP contribution >= 0.6 is 0 Å². The standard InChI is InChI=1S/C17H20FN3O/c1-5-12-6-7-13(8-15(12)18)21-17(22)14-9-19-11(4)20-16(14)10(2)3/h6-10H,5H2,1-4H3,(H,21,22). The number of hydrogen-bond donors (Lipinski definition) is 1. The van der Waals surface area contributed by atoms with Crippen molar-refractivity contribution < 1.29 is 9.18 Å². The summed E-state index contributed by atoms with van der Waals surface area (Å²) in [7, 11) is 0. The summed E-state index contributed by atoms with van der Waals surface area (Å²) in [5.41, 5.74) is 2.16. The Morgan fingerprint density at radius 2 is 2.09 bits per heavy atom. The Bertz CT molecular complexity index is 698. The largest absolute Gasteiger partial charge is 0.322 e. The van der Waals surface area contributed by atoms with E-state index in [1.807, 2.05) is 20.8 Å². The highest BCUT2D eigenvalue weighted by Crippen LogP contribution is 2.20. The Morgan fingerprint density at radius 1 is 1.36 bits per heavy atom. The number of benzene rings is 1. The normalized spacial score (nSPS) is 10.8. The molecule has 0 bridgehead atoms. The predicted molar refractivity (Wildman–Crippen MR) is 84.6 cm³/mol. The van der Waals surface area contributed by atoms with Crippen LogP contribution in [0.2, 0.25) is 0 Å². The SMILES string of the molecule is CCc1ccc(NC(=O)c2cnc(C)nc2C(C)C)cc1F. The van der Waals surface area contributed by atoms with Crippen molar-refractivity contribution in [2.24, 2.45) is 0 Å². The van der Waals surface area contributed by atoms with E-state index in [1.165, 1.54) is 12.3 Å². The first-order valence-electron chi connectivity index (χ1n) is 7.35. The summed E-state index contributed by atoms with van der Waals surface area (Å²) in [6.45, 7) is 7.60. The summed E-state index contributed by atoms with van der Waals surface area (Å²) in [5.74, 6) is 0.0807. The summed E-state index contributed by atoms with van der Waals surface area (Å²) in [4.78, 5) is 20.8. The summed E-state index contributed by atoms with van der Waals surface area (Å²) >= 11 is 0. The third-order valence-corrected chi connectivity index (χ3v) is 3.42. The van der Waals surface area contributed by atoms with Crippen molar-refractivity contribution in [3.05, 3.63) is 52.9 Å². The topological polar surface area (TPSA) is 54.9 Å². The number of carbonyl (C=O) groups excluding carboxylic acids is 1. The maximum absolute atomic E-state index is 13.8. The number of aryl methyl sites for hydroxylation is 2. The average molecular weight is 301 g/mol. The second kappa shape index (κ2) is 6.64. The third-order valence-electron chi connectivity index (χ3n) is 3.42. The van der Waals surface area contributed by atoms with E-state index in [4.69, 9.17) is 0 Å². The molecule has 0 aliphatic rings. The van der Waals surface area contributed by atoms with E-state index >= 15 is 0 Å². The van der Waals surface area contributed by atoms with Crippen molar-refractivity contribution in [3.8, 4) is 0 Å². The molecule has 4 nitrogen and oxygen atoms in total. The van der Waals surface area contributed by atoms with E-state index in [9.17, 15) is 9.18 Å². The number of carbonyl (C=O) groups is 1. The highest BCUT2D eigenvalue weighted by Gasteiger charge is 2.17. The van der Waals surface area contributed by atoms with Gasteiger partial charge in [-0.1, -0.05) is 26.8 Å². The molecule has 0 aliphatic carbocycles. The Morgan fingerprint density at radius 3 is 2.68 bits per heavy atom. The van der Waals surface area contributed by atoms with Crippen LogP contribution in [0.1, 0.15) is 54.1 Å². The molecule has 0 saturated carbocycles. The molecule has 1 N–H and O–H groups in total. The molecule has 0 radical (unpaired) electrons. The molecule has 2 rings (SSSR count). The summed E-state index contributed by atoms with van der Waals surface area (Å²) in [5, 5.41) is 2.71. The molecule has 0 aliphatic heterocycles. The fraction of sp³-hybridized carbons (Fsp3) is 0.353. The first-order valence-corrected chi connectivity index (χ1v) is 7.35. The smallest absolute Gasteiger partial charge is 0.259 e. The molecule has 0 saturated heterocycles.